The van der Waals surface area contributed by atoms with Gasteiger partial charge in [-0.1, -0.05) is 12.1 Å². The lowest BCUT2D eigenvalue weighted by atomic mass is 9.90. The third-order valence-corrected chi connectivity index (χ3v) is 3.74. The second-order valence-corrected chi connectivity index (χ2v) is 5.00. The molecule has 1 aromatic carbocycles. The Hall–Kier alpha value is -1.55. The minimum atomic E-state index is -0.117. The van der Waals surface area contributed by atoms with Gasteiger partial charge in [-0.15, -0.1) is 0 Å². The third kappa shape index (κ3) is 2.64. The van der Waals surface area contributed by atoms with Crippen molar-refractivity contribution < 1.29 is 9.90 Å². The molecule has 0 spiro atoms. The van der Waals surface area contributed by atoms with Crippen LogP contribution in [0.5, 0.6) is 5.75 Å². The highest BCUT2D eigenvalue weighted by Crippen LogP contribution is 2.24. The summed E-state index contributed by atoms with van der Waals surface area (Å²) < 4.78 is 0. The third-order valence-electron chi connectivity index (χ3n) is 3.74. The van der Waals surface area contributed by atoms with E-state index in [-0.39, 0.29) is 23.7 Å². The van der Waals surface area contributed by atoms with E-state index in [4.69, 9.17) is 5.73 Å². The lowest BCUT2D eigenvalue weighted by Crippen LogP contribution is -2.41. The predicted octanol–water partition coefficient (Wildman–Crippen LogP) is 1.73. The molecule has 0 unspecified atom stereocenters. The fraction of sp³-hybridized carbons (Fsp3) is 0.500. The summed E-state index contributed by atoms with van der Waals surface area (Å²) >= 11 is 0. The van der Waals surface area contributed by atoms with Gasteiger partial charge in [0.15, 0.2) is 0 Å². The van der Waals surface area contributed by atoms with Crippen molar-refractivity contribution in [2.45, 2.75) is 37.8 Å². The Labute approximate surface area is 107 Å². The summed E-state index contributed by atoms with van der Waals surface area (Å²) in [4.78, 5) is 14.0. The van der Waals surface area contributed by atoms with Gasteiger partial charge in [0.2, 0.25) is 0 Å². The number of carbonyl (C=O) groups excluding carboxylic acids is 1. The number of carbonyl (C=O) groups is 1. The van der Waals surface area contributed by atoms with Crippen molar-refractivity contribution >= 4 is 5.91 Å². The molecular formula is C14H20N2O2. The molecule has 0 atom stereocenters. The highest BCUT2D eigenvalue weighted by Gasteiger charge is 2.26. The van der Waals surface area contributed by atoms with E-state index in [1.807, 2.05) is 0 Å². The average molecular weight is 248 g/mol. The molecule has 0 radical (unpaired) electrons. The molecule has 0 aliphatic heterocycles. The van der Waals surface area contributed by atoms with E-state index in [0.29, 0.717) is 5.56 Å². The van der Waals surface area contributed by atoms with Gasteiger partial charge in [0.25, 0.3) is 5.91 Å². The molecule has 4 nitrogen and oxygen atoms in total. The Morgan fingerprint density at radius 1 is 1.28 bits per heavy atom. The predicted molar refractivity (Wildman–Crippen MR) is 70.4 cm³/mol. The van der Waals surface area contributed by atoms with Crippen molar-refractivity contribution in [1.82, 2.24) is 4.90 Å². The SMILES string of the molecule is CN(C(=O)c1ccccc1O)C1CCC(N)CC1. The van der Waals surface area contributed by atoms with Crippen LogP contribution in [0.1, 0.15) is 36.0 Å². The summed E-state index contributed by atoms with van der Waals surface area (Å²) in [5.41, 5.74) is 6.24. The van der Waals surface area contributed by atoms with Gasteiger partial charge in [0, 0.05) is 19.1 Å². The monoisotopic (exact) mass is 248 g/mol. The van der Waals surface area contributed by atoms with Gasteiger partial charge >= 0.3 is 0 Å². The van der Waals surface area contributed by atoms with Crippen molar-refractivity contribution in [1.29, 1.82) is 0 Å². The summed E-state index contributed by atoms with van der Waals surface area (Å²) in [7, 11) is 1.80. The number of hydrogen-bond acceptors (Lipinski definition) is 3. The van der Waals surface area contributed by atoms with Gasteiger partial charge in [-0.2, -0.15) is 0 Å². The number of phenolic OH excluding ortho intramolecular Hbond substituents is 1. The Kier molecular flexibility index (Phi) is 3.87. The molecule has 1 aromatic rings. The molecule has 2 rings (SSSR count). The Balaban J connectivity index is 2.07. The fourth-order valence-electron chi connectivity index (χ4n) is 2.50. The zero-order valence-electron chi connectivity index (χ0n) is 10.7. The number of nitrogens with two attached hydrogens (primary N) is 1. The molecule has 0 aromatic heterocycles. The second-order valence-electron chi connectivity index (χ2n) is 5.00. The molecule has 1 amide bonds. The van der Waals surface area contributed by atoms with E-state index in [1.165, 1.54) is 6.07 Å². The van der Waals surface area contributed by atoms with Crippen LogP contribution in [-0.4, -0.2) is 35.0 Å². The van der Waals surface area contributed by atoms with Crippen molar-refractivity contribution in [3.8, 4) is 5.75 Å². The molecule has 1 aliphatic carbocycles. The number of nitrogens with zero attached hydrogens (tertiary/aromatic N) is 1. The molecule has 0 saturated heterocycles. The molecular weight excluding hydrogens is 228 g/mol. The highest BCUT2D eigenvalue weighted by atomic mass is 16.3. The van der Waals surface area contributed by atoms with Crippen LogP contribution in [0.4, 0.5) is 0 Å². The van der Waals surface area contributed by atoms with Crippen molar-refractivity contribution in [2.24, 2.45) is 5.73 Å². The van der Waals surface area contributed by atoms with Crippen molar-refractivity contribution in [3.05, 3.63) is 29.8 Å². The van der Waals surface area contributed by atoms with Gasteiger partial charge in [-0.05, 0) is 37.8 Å². The second kappa shape index (κ2) is 5.40. The lowest BCUT2D eigenvalue weighted by molar-refractivity contribution is 0.0687. The van der Waals surface area contributed by atoms with Crippen LogP contribution in [0.3, 0.4) is 0 Å². The molecule has 1 fully saturated rings. The summed E-state index contributed by atoms with van der Waals surface area (Å²) in [5.74, 6) is -0.0737. The molecule has 1 saturated carbocycles. The van der Waals surface area contributed by atoms with Crippen LogP contribution in [0.15, 0.2) is 24.3 Å². The van der Waals surface area contributed by atoms with Gasteiger partial charge < -0.3 is 15.7 Å². The maximum absolute atomic E-state index is 12.3. The van der Waals surface area contributed by atoms with Crippen LogP contribution in [0, 0.1) is 0 Å². The molecule has 0 heterocycles. The van der Waals surface area contributed by atoms with Crippen LogP contribution in [0.25, 0.3) is 0 Å². The van der Waals surface area contributed by atoms with Crippen molar-refractivity contribution in [2.75, 3.05) is 7.05 Å². The van der Waals surface area contributed by atoms with Gasteiger partial charge in [0.05, 0.1) is 5.56 Å². The van der Waals surface area contributed by atoms with E-state index in [0.717, 1.165) is 25.7 Å². The van der Waals surface area contributed by atoms with E-state index in [1.54, 1.807) is 30.1 Å². The first-order valence-corrected chi connectivity index (χ1v) is 6.40. The smallest absolute Gasteiger partial charge is 0.257 e. The lowest BCUT2D eigenvalue weighted by Gasteiger charge is -2.33. The number of amides is 1. The summed E-state index contributed by atoms with van der Waals surface area (Å²) in [6, 6.07) is 7.18. The van der Waals surface area contributed by atoms with Gasteiger partial charge in [0.1, 0.15) is 5.75 Å². The summed E-state index contributed by atoms with van der Waals surface area (Å²) in [6.07, 6.45) is 3.81. The van der Waals surface area contributed by atoms with E-state index >= 15 is 0 Å². The molecule has 1 aliphatic rings. The summed E-state index contributed by atoms with van der Waals surface area (Å²) in [6.45, 7) is 0. The maximum atomic E-state index is 12.3. The average Bonchev–Trinajstić information content (AvgIpc) is 2.38. The minimum Gasteiger partial charge on any atom is -0.507 e. The molecule has 18 heavy (non-hydrogen) atoms. The molecule has 4 heteroatoms. The van der Waals surface area contributed by atoms with Crippen LogP contribution in [-0.2, 0) is 0 Å². The zero-order valence-corrected chi connectivity index (χ0v) is 10.7. The Bertz CT molecular complexity index is 426. The number of benzene rings is 1. The number of aromatic hydroxyl groups is 1. The first kappa shape index (κ1) is 12.9. The van der Waals surface area contributed by atoms with E-state index in [2.05, 4.69) is 0 Å². The summed E-state index contributed by atoms with van der Waals surface area (Å²) in [5, 5.41) is 9.70. The molecule has 98 valence electrons. The normalized spacial score (nSPS) is 23.7. The fourth-order valence-corrected chi connectivity index (χ4v) is 2.50. The topological polar surface area (TPSA) is 66.6 Å². The number of para-hydroxylation sites is 1. The van der Waals surface area contributed by atoms with Crippen molar-refractivity contribution in [3.63, 3.8) is 0 Å². The minimum absolute atomic E-state index is 0.0434. The molecule has 3 N–H and O–H groups in total. The highest BCUT2D eigenvalue weighted by molar-refractivity contribution is 5.96. The first-order chi connectivity index (χ1) is 8.59. The standard InChI is InChI=1S/C14H20N2O2/c1-16(11-8-6-10(15)7-9-11)14(18)12-4-2-3-5-13(12)17/h2-5,10-11,17H,6-9,15H2,1H3. The number of hydrogen-bond donors (Lipinski definition) is 2. The molecule has 0 bridgehead atoms. The zero-order chi connectivity index (χ0) is 13.1. The van der Waals surface area contributed by atoms with Crippen LogP contribution >= 0.6 is 0 Å². The number of phenols is 1. The Morgan fingerprint density at radius 2 is 1.89 bits per heavy atom. The van der Waals surface area contributed by atoms with Gasteiger partial charge in [-0.25, -0.2) is 0 Å². The Morgan fingerprint density at radius 3 is 2.50 bits per heavy atom. The van der Waals surface area contributed by atoms with Crippen LogP contribution < -0.4 is 5.73 Å². The quantitative estimate of drug-likeness (QED) is 0.837. The van der Waals surface area contributed by atoms with Gasteiger partial charge in [-0.3, -0.25) is 4.79 Å². The first-order valence-electron chi connectivity index (χ1n) is 6.40. The maximum Gasteiger partial charge on any atom is 0.257 e. The van der Waals surface area contributed by atoms with E-state index in [9.17, 15) is 9.90 Å². The largest absolute Gasteiger partial charge is 0.507 e. The van der Waals surface area contributed by atoms with Crippen LogP contribution in [0.2, 0.25) is 0 Å². The number of rotatable bonds is 2. The van der Waals surface area contributed by atoms with E-state index < -0.39 is 0 Å².